The van der Waals surface area contributed by atoms with Gasteiger partial charge in [-0.1, -0.05) is 25.7 Å². The minimum absolute atomic E-state index is 0.674. The predicted molar refractivity (Wildman–Crippen MR) is 62.1 cm³/mol. The van der Waals surface area contributed by atoms with Crippen molar-refractivity contribution >= 4 is 0 Å². The molecule has 1 saturated heterocycles. The summed E-state index contributed by atoms with van der Waals surface area (Å²) in [7, 11) is 1.94. The van der Waals surface area contributed by atoms with Crippen LogP contribution in [0.4, 0.5) is 0 Å². The Bertz CT molecular complexity index is 247. The SMILES string of the molecule is C=C/C=C(\C(=C\NC)CC)C1CNC1. The van der Waals surface area contributed by atoms with Gasteiger partial charge in [0.05, 0.1) is 0 Å². The molecule has 78 valence electrons. The highest BCUT2D eigenvalue weighted by atomic mass is 14.9. The fourth-order valence-electron chi connectivity index (χ4n) is 1.70. The molecule has 0 aromatic carbocycles. The molecule has 14 heavy (non-hydrogen) atoms. The molecule has 0 saturated carbocycles. The van der Waals surface area contributed by atoms with E-state index >= 15 is 0 Å². The molecule has 1 rings (SSSR count). The van der Waals surface area contributed by atoms with E-state index in [0.29, 0.717) is 5.92 Å². The smallest absolute Gasteiger partial charge is 0.00918 e. The van der Waals surface area contributed by atoms with Gasteiger partial charge in [-0.05, 0) is 23.8 Å². The Balaban J connectivity index is 2.79. The van der Waals surface area contributed by atoms with Crippen LogP contribution in [0.2, 0.25) is 0 Å². The van der Waals surface area contributed by atoms with Crippen LogP contribution in [0.3, 0.4) is 0 Å². The van der Waals surface area contributed by atoms with Crippen molar-refractivity contribution in [2.45, 2.75) is 13.3 Å². The van der Waals surface area contributed by atoms with Gasteiger partial charge < -0.3 is 10.6 Å². The summed E-state index contributed by atoms with van der Waals surface area (Å²) in [5, 5.41) is 6.40. The summed E-state index contributed by atoms with van der Waals surface area (Å²) < 4.78 is 0. The second-order valence-electron chi connectivity index (χ2n) is 3.52. The van der Waals surface area contributed by atoms with E-state index < -0.39 is 0 Å². The minimum Gasteiger partial charge on any atom is -0.394 e. The van der Waals surface area contributed by atoms with Crippen LogP contribution in [0.25, 0.3) is 0 Å². The van der Waals surface area contributed by atoms with Gasteiger partial charge in [0.1, 0.15) is 0 Å². The van der Waals surface area contributed by atoms with Gasteiger partial charge in [-0.25, -0.2) is 0 Å². The summed E-state index contributed by atoms with van der Waals surface area (Å²) in [6.45, 7) is 8.16. The maximum absolute atomic E-state index is 3.77. The van der Waals surface area contributed by atoms with Crippen molar-refractivity contribution in [2.75, 3.05) is 20.1 Å². The van der Waals surface area contributed by atoms with E-state index in [0.717, 1.165) is 19.5 Å². The minimum atomic E-state index is 0.674. The molecular weight excluding hydrogens is 172 g/mol. The van der Waals surface area contributed by atoms with Crippen LogP contribution < -0.4 is 10.6 Å². The summed E-state index contributed by atoms with van der Waals surface area (Å²) in [5.74, 6) is 0.674. The fraction of sp³-hybridized carbons (Fsp3) is 0.500. The second kappa shape index (κ2) is 5.66. The van der Waals surface area contributed by atoms with Crippen molar-refractivity contribution in [2.24, 2.45) is 5.92 Å². The number of hydrogen-bond donors (Lipinski definition) is 2. The van der Waals surface area contributed by atoms with E-state index in [-0.39, 0.29) is 0 Å². The van der Waals surface area contributed by atoms with Gasteiger partial charge in [0.25, 0.3) is 0 Å². The van der Waals surface area contributed by atoms with Crippen LogP contribution >= 0.6 is 0 Å². The maximum atomic E-state index is 3.77. The first kappa shape index (κ1) is 11.1. The number of nitrogens with one attached hydrogen (secondary N) is 2. The van der Waals surface area contributed by atoms with Gasteiger partial charge in [-0.2, -0.15) is 0 Å². The number of rotatable bonds is 5. The standard InChI is InChI=1S/C12H20N2/c1-4-6-12(11-8-14-9-11)10(5-2)7-13-3/h4,6-7,11,13-14H,1,5,8-9H2,2-3H3/b10-7+,12-6+. The average molecular weight is 192 g/mol. The lowest BCUT2D eigenvalue weighted by atomic mass is 9.87. The topological polar surface area (TPSA) is 24.1 Å². The Morgan fingerprint density at radius 1 is 1.57 bits per heavy atom. The van der Waals surface area contributed by atoms with Crippen molar-refractivity contribution in [1.29, 1.82) is 0 Å². The number of allylic oxidation sites excluding steroid dienone is 3. The lowest BCUT2D eigenvalue weighted by Crippen LogP contribution is -2.43. The van der Waals surface area contributed by atoms with Crippen LogP contribution in [0, 0.1) is 5.92 Å². The molecular formula is C12H20N2. The average Bonchev–Trinajstić information content (AvgIpc) is 2.11. The zero-order chi connectivity index (χ0) is 10.4. The maximum Gasteiger partial charge on any atom is 0.00918 e. The van der Waals surface area contributed by atoms with Crippen molar-refractivity contribution in [1.82, 2.24) is 10.6 Å². The molecule has 0 aromatic rings. The summed E-state index contributed by atoms with van der Waals surface area (Å²) in [6, 6.07) is 0. The third-order valence-corrected chi connectivity index (χ3v) is 2.59. The van der Waals surface area contributed by atoms with Crippen LogP contribution in [0.15, 0.2) is 36.1 Å². The van der Waals surface area contributed by atoms with E-state index in [4.69, 9.17) is 0 Å². The molecule has 1 aliphatic heterocycles. The third-order valence-electron chi connectivity index (χ3n) is 2.59. The highest BCUT2D eigenvalue weighted by molar-refractivity contribution is 5.36. The van der Waals surface area contributed by atoms with Crippen LogP contribution in [-0.2, 0) is 0 Å². The lowest BCUT2D eigenvalue weighted by Gasteiger charge is -2.30. The molecule has 2 nitrogen and oxygen atoms in total. The summed E-state index contributed by atoms with van der Waals surface area (Å²) in [4.78, 5) is 0. The Morgan fingerprint density at radius 3 is 2.64 bits per heavy atom. The quantitative estimate of drug-likeness (QED) is 0.649. The highest BCUT2D eigenvalue weighted by Gasteiger charge is 2.22. The molecule has 0 amide bonds. The van der Waals surface area contributed by atoms with Gasteiger partial charge in [-0.15, -0.1) is 0 Å². The fourth-order valence-corrected chi connectivity index (χ4v) is 1.70. The van der Waals surface area contributed by atoms with Crippen LogP contribution in [0.1, 0.15) is 13.3 Å². The molecule has 0 bridgehead atoms. The first-order chi connectivity index (χ1) is 6.83. The Morgan fingerprint density at radius 2 is 2.29 bits per heavy atom. The summed E-state index contributed by atoms with van der Waals surface area (Å²) >= 11 is 0. The Labute approximate surface area is 86.8 Å². The lowest BCUT2D eigenvalue weighted by molar-refractivity contribution is 0.401. The molecule has 1 aliphatic rings. The van der Waals surface area contributed by atoms with Crippen molar-refractivity contribution < 1.29 is 0 Å². The Hall–Kier alpha value is -1.02. The van der Waals surface area contributed by atoms with E-state index in [1.807, 2.05) is 13.1 Å². The van der Waals surface area contributed by atoms with Gasteiger partial charge in [0.15, 0.2) is 0 Å². The summed E-state index contributed by atoms with van der Waals surface area (Å²) in [6.07, 6.45) is 7.18. The van der Waals surface area contributed by atoms with Crippen LogP contribution in [-0.4, -0.2) is 20.1 Å². The highest BCUT2D eigenvalue weighted by Crippen LogP contribution is 2.25. The Kier molecular flexibility index (Phi) is 4.47. The second-order valence-corrected chi connectivity index (χ2v) is 3.52. The molecule has 0 radical (unpaired) electrons. The molecule has 2 heteroatoms. The molecule has 2 N–H and O–H groups in total. The molecule has 1 heterocycles. The van der Waals surface area contributed by atoms with Crippen molar-refractivity contribution in [3.63, 3.8) is 0 Å². The first-order valence-corrected chi connectivity index (χ1v) is 5.23. The predicted octanol–water partition coefficient (Wildman–Crippen LogP) is 1.83. The normalized spacial score (nSPS) is 19.0. The van der Waals surface area contributed by atoms with Crippen molar-refractivity contribution in [3.05, 3.63) is 36.1 Å². The van der Waals surface area contributed by atoms with Gasteiger partial charge in [-0.3, -0.25) is 0 Å². The third kappa shape index (κ3) is 2.48. The molecule has 0 unspecified atom stereocenters. The molecule has 0 aromatic heterocycles. The number of hydrogen-bond acceptors (Lipinski definition) is 2. The zero-order valence-corrected chi connectivity index (χ0v) is 9.14. The van der Waals surface area contributed by atoms with Crippen molar-refractivity contribution in [3.8, 4) is 0 Å². The van der Waals surface area contributed by atoms with Gasteiger partial charge >= 0.3 is 0 Å². The monoisotopic (exact) mass is 192 g/mol. The van der Waals surface area contributed by atoms with E-state index in [9.17, 15) is 0 Å². The first-order valence-electron chi connectivity index (χ1n) is 5.23. The molecule has 0 aliphatic carbocycles. The van der Waals surface area contributed by atoms with E-state index in [2.05, 4.69) is 36.4 Å². The molecule has 0 atom stereocenters. The zero-order valence-electron chi connectivity index (χ0n) is 9.14. The van der Waals surface area contributed by atoms with E-state index in [1.165, 1.54) is 11.1 Å². The van der Waals surface area contributed by atoms with Crippen LogP contribution in [0.5, 0.6) is 0 Å². The molecule has 0 spiro atoms. The summed E-state index contributed by atoms with van der Waals surface area (Å²) in [5.41, 5.74) is 2.81. The van der Waals surface area contributed by atoms with Gasteiger partial charge in [0, 0.05) is 26.1 Å². The van der Waals surface area contributed by atoms with Gasteiger partial charge in [0.2, 0.25) is 0 Å². The van der Waals surface area contributed by atoms with E-state index in [1.54, 1.807) is 0 Å². The molecule has 1 fully saturated rings. The largest absolute Gasteiger partial charge is 0.394 e.